The van der Waals surface area contributed by atoms with Crippen LogP contribution in [0.4, 0.5) is 34.1 Å². The summed E-state index contributed by atoms with van der Waals surface area (Å²) < 4.78 is 0. The number of nitrogens with one attached hydrogen (secondary N) is 5. The lowest BCUT2D eigenvalue weighted by Gasteiger charge is -2.13. The van der Waals surface area contributed by atoms with E-state index in [4.69, 9.17) is 5.73 Å². The second-order valence-electron chi connectivity index (χ2n) is 12.4. The molecule has 0 aliphatic heterocycles. The minimum absolute atomic E-state index is 0. The van der Waals surface area contributed by atoms with Crippen LogP contribution in [0.15, 0.2) is 97.1 Å². The molecule has 0 bridgehead atoms. The minimum atomic E-state index is -0.718. The van der Waals surface area contributed by atoms with E-state index in [1.165, 1.54) is 12.1 Å². The van der Waals surface area contributed by atoms with Gasteiger partial charge in [0.2, 0.25) is 23.6 Å². The number of carbonyl (C=O) groups excluding carboxylic acids is 4. The number of carbonyl (C=O) groups is 4. The summed E-state index contributed by atoms with van der Waals surface area (Å²) in [7, 11) is -0.718. The van der Waals surface area contributed by atoms with E-state index in [0.29, 0.717) is 85.5 Å². The Morgan fingerprint density at radius 3 is 1.35 bits per heavy atom. The Morgan fingerprint density at radius 1 is 0.537 bits per heavy atom. The number of anilines is 6. The van der Waals surface area contributed by atoms with Crippen molar-refractivity contribution >= 4 is 77.2 Å². The van der Waals surface area contributed by atoms with Crippen molar-refractivity contribution in [3.05, 3.63) is 97.1 Å². The highest BCUT2D eigenvalue weighted by Crippen LogP contribution is 2.22. The molecule has 0 aromatic heterocycles. The molecule has 4 rings (SSSR count). The number of nitrogens with two attached hydrogens (primary N) is 1. The predicted octanol–water partition coefficient (Wildman–Crippen LogP) is 7.37. The van der Waals surface area contributed by atoms with Gasteiger partial charge >= 0.3 is 7.05 Å². The predicted molar refractivity (Wildman–Crippen MR) is 219 cm³/mol. The van der Waals surface area contributed by atoms with Gasteiger partial charge in [-0.3, -0.25) is 19.2 Å². The molecule has 0 radical (unpaired) electrons. The third-order valence-electron chi connectivity index (χ3n) is 7.68. The van der Waals surface area contributed by atoms with Crippen molar-refractivity contribution in [1.82, 2.24) is 0 Å². The SMILES string of the molecule is CB(O)Nc1ccccc1NC(=O)CCCCCC(=O)Nc1cccc(O)c1.Cl.Nc1ccccc1NC(=O)CCCCCC(=O)Nc1cccc(O)c1. The molecule has 15 heteroatoms. The van der Waals surface area contributed by atoms with Crippen LogP contribution in [0.2, 0.25) is 6.82 Å². The summed E-state index contributed by atoms with van der Waals surface area (Å²) in [6.45, 7) is 1.61. The fourth-order valence-electron chi connectivity index (χ4n) is 5.09. The molecule has 0 atom stereocenters. The average Bonchev–Trinajstić information content (AvgIpc) is 3.10. The normalized spacial score (nSPS) is 10.0. The Bertz CT molecular complexity index is 1800. The Morgan fingerprint density at radius 2 is 0.926 bits per heavy atom. The molecule has 0 fully saturated rings. The number of benzene rings is 4. The summed E-state index contributed by atoms with van der Waals surface area (Å²) in [5, 5.41) is 42.1. The molecule has 54 heavy (non-hydrogen) atoms. The molecule has 10 N–H and O–H groups in total. The van der Waals surface area contributed by atoms with Gasteiger partial charge < -0.3 is 47.5 Å². The van der Waals surface area contributed by atoms with Crippen LogP contribution in [0.25, 0.3) is 0 Å². The van der Waals surface area contributed by atoms with Crippen LogP contribution < -0.4 is 32.2 Å². The highest BCUT2D eigenvalue weighted by molar-refractivity contribution is 6.53. The quantitative estimate of drug-likeness (QED) is 0.0281. The number of para-hydroxylation sites is 4. The van der Waals surface area contributed by atoms with Gasteiger partial charge in [-0.15, -0.1) is 12.4 Å². The van der Waals surface area contributed by atoms with E-state index in [2.05, 4.69) is 26.5 Å². The Labute approximate surface area is 322 Å². The second-order valence-corrected chi connectivity index (χ2v) is 12.4. The van der Waals surface area contributed by atoms with E-state index in [1.54, 1.807) is 67.5 Å². The van der Waals surface area contributed by atoms with Gasteiger partial charge in [-0.25, -0.2) is 0 Å². The second kappa shape index (κ2) is 24.5. The molecule has 4 aromatic rings. The van der Waals surface area contributed by atoms with Crippen LogP contribution in [0, 0.1) is 0 Å². The monoisotopic (exact) mass is 760 g/mol. The third-order valence-corrected chi connectivity index (χ3v) is 7.68. The number of phenols is 2. The number of hydrogen-bond donors (Lipinski definition) is 9. The molecule has 288 valence electrons. The van der Waals surface area contributed by atoms with E-state index < -0.39 is 7.05 Å². The molecule has 0 saturated heterocycles. The third kappa shape index (κ3) is 18.2. The van der Waals surface area contributed by atoms with Crippen LogP contribution in [-0.2, 0) is 19.2 Å². The summed E-state index contributed by atoms with van der Waals surface area (Å²) in [5.74, 6) is -0.191. The summed E-state index contributed by atoms with van der Waals surface area (Å²) in [6, 6.07) is 27.2. The Hall–Kier alpha value is -5.73. The molecule has 0 heterocycles. The summed E-state index contributed by atoms with van der Waals surface area (Å²) in [5.41, 5.74) is 9.36. The van der Waals surface area contributed by atoms with Gasteiger partial charge in [0.15, 0.2) is 0 Å². The van der Waals surface area contributed by atoms with Gasteiger partial charge in [-0.05, 0) is 81.0 Å². The topological polar surface area (TPSA) is 215 Å². The van der Waals surface area contributed by atoms with Crippen LogP contribution >= 0.6 is 12.4 Å². The molecule has 0 aliphatic rings. The maximum absolute atomic E-state index is 12.1. The first-order valence-corrected chi connectivity index (χ1v) is 17.6. The molecule has 0 unspecified atom stereocenters. The van der Waals surface area contributed by atoms with E-state index in [-0.39, 0.29) is 47.5 Å². The molecule has 0 spiro atoms. The zero-order chi connectivity index (χ0) is 38.4. The zero-order valence-electron chi connectivity index (χ0n) is 30.3. The molecule has 4 aromatic carbocycles. The molecule has 0 saturated carbocycles. The first-order valence-electron chi connectivity index (χ1n) is 17.6. The zero-order valence-corrected chi connectivity index (χ0v) is 31.2. The van der Waals surface area contributed by atoms with Crippen molar-refractivity contribution in [2.24, 2.45) is 0 Å². The minimum Gasteiger partial charge on any atom is -0.508 e. The highest BCUT2D eigenvalue weighted by atomic mass is 35.5. The molecule has 13 nitrogen and oxygen atoms in total. The van der Waals surface area contributed by atoms with E-state index in [0.717, 1.165) is 12.8 Å². The molecular weight excluding hydrogens is 711 g/mol. The van der Waals surface area contributed by atoms with Gasteiger partial charge in [0.1, 0.15) is 11.5 Å². The summed E-state index contributed by atoms with van der Waals surface area (Å²) in [4.78, 5) is 47.7. The first kappa shape index (κ1) is 44.4. The van der Waals surface area contributed by atoms with Crippen molar-refractivity contribution in [2.45, 2.75) is 71.0 Å². The largest absolute Gasteiger partial charge is 0.508 e. The Kier molecular flexibility index (Phi) is 20.2. The van der Waals surface area contributed by atoms with Crippen LogP contribution in [-0.4, -0.2) is 45.9 Å². The standard InChI is InChI=1S/C20H26BN3O4.C19H23N3O3.ClH/c1-21(28)24-18-11-6-5-10-17(18)23-20(27)13-4-2-3-12-19(26)22-15-8-7-9-16(25)14-15;20-16-9-4-5-10-17(16)22-19(25)12-3-1-2-11-18(24)21-14-7-6-8-15(23)13-14;/h5-11,14,24-25,28H,2-4,12-13H2,1H3,(H,22,26)(H,23,27);4-10,13,23H,1-3,11-12,20H2,(H,21,24)(H,22,25);1H. The lowest BCUT2D eigenvalue weighted by Crippen LogP contribution is -2.21. The van der Waals surface area contributed by atoms with Crippen LogP contribution in [0.1, 0.15) is 64.2 Å². The number of rotatable bonds is 18. The maximum atomic E-state index is 12.1. The van der Waals surface area contributed by atoms with E-state index in [9.17, 15) is 34.4 Å². The first-order chi connectivity index (χ1) is 25.5. The number of hydrogen-bond acceptors (Lipinski definition) is 9. The molecule has 0 aliphatic carbocycles. The van der Waals surface area contributed by atoms with Gasteiger partial charge in [0, 0.05) is 54.9 Å². The number of phenolic OH excluding ortho intramolecular Hbond substituents is 2. The smallest absolute Gasteiger partial charge is 0.406 e. The lowest BCUT2D eigenvalue weighted by molar-refractivity contribution is -0.117. The van der Waals surface area contributed by atoms with Crippen molar-refractivity contribution in [3.8, 4) is 11.5 Å². The van der Waals surface area contributed by atoms with Gasteiger partial charge in [0.05, 0.1) is 17.1 Å². The molecule has 4 amide bonds. The van der Waals surface area contributed by atoms with Crippen molar-refractivity contribution in [3.63, 3.8) is 0 Å². The van der Waals surface area contributed by atoms with Gasteiger partial charge in [-0.1, -0.05) is 49.2 Å². The summed E-state index contributed by atoms with van der Waals surface area (Å²) in [6.07, 6.45) is 5.79. The van der Waals surface area contributed by atoms with Gasteiger partial charge in [0.25, 0.3) is 0 Å². The number of nitrogen functional groups attached to an aromatic ring is 1. The number of amides is 4. The average molecular weight is 761 g/mol. The van der Waals surface area contributed by atoms with E-state index in [1.807, 2.05) is 24.3 Å². The van der Waals surface area contributed by atoms with Crippen molar-refractivity contribution in [1.29, 1.82) is 0 Å². The Balaban J connectivity index is 0.000000369. The van der Waals surface area contributed by atoms with Crippen molar-refractivity contribution in [2.75, 3.05) is 32.2 Å². The fourth-order valence-corrected chi connectivity index (χ4v) is 5.09. The summed E-state index contributed by atoms with van der Waals surface area (Å²) >= 11 is 0. The highest BCUT2D eigenvalue weighted by Gasteiger charge is 2.11. The number of halogens is 1. The molecular formula is C39H50BClN6O7. The lowest BCUT2D eigenvalue weighted by atomic mass is 9.88. The number of unbranched alkanes of at least 4 members (excludes halogenated alkanes) is 4. The fraction of sp³-hybridized carbons (Fsp3) is 0.282. The van der Waals surface area contributed by atoms with E-state index >= 15 is 0 Å². The van der Waals surface area contributed by atoms with Crippen LogP contribution in [0.5, 0.6) is 11.5 Å². The number of aromatic hydroxyl groups is 2. The van der Waals surface area contributed by atoms with Crippen molar-refractivity contribution < 1.29 is 34.4 Å². The van der Waals surface area contributed by atoms with Gasteiger partial charge in [-0.2, -0.15) is 0 Å². The maximum Gasteiger partial charge on any atom is 0.406 e. The van der Waals surface area contributed by atoms with Crippen LogP contribution in [0.3, 0.4) is 0 Å².